The van der Waals surface area contributed by atoms with Crippen LogP contribution >= 0.6 is 0 Å². The second-order valence-electron chi connectivity index (χ2n) is 1.54. The number of halogens is 2. The molecule has 2 nitrogen and oxygen atoms in total. The molecule has 0 saturated carbocycles. The monoisotopic (exact) mass is 284 g/mol. The van der Waals surface area contributed by atoms with Crippen molar-refractivity contribution in [3.05, 3.63) is 0 Å². The maximum atomic E-state index is 3.09. The predicted molar refractivity (Wildman–Crippen MR) is 38.0 cm³/mol. The van der Waals surface area contributed by atoms with Gasteiger partial charge in [0, 0.05) is 0 Å². The van der Waals surface area contributed by atoms with Gasteiger partial charge >= 0.3 is 23.1 Å². The average Bonchev–Trinajstić information content (AvgIpc) is 1.72. The molecule has 0 bridgehead atoms. The first-order chi connectivity index (χ1) is 3.35. The van der Waals surface area contributed by atoms with Crippen LogP contribution in [0.1, 0.15) is 13.3 Å². The fraction of sp³-hybridized carbons (Fsp3) is 1.00. The van der Waals surface area contributed by atoms with Crippen LogP contribution in [0, 0.1) is 0 Å². The van der Waals surface area contributed by atoms with Gasteiger partial charge in [-0.15, -0.1) is 0 Å². The molecule has 0 rings (SSSR count). The van der Waals surface area contributed by atoms with E-state index < -0.39 is 0 Å². The molecule has 0 aromatic rings. The molecular formula is C5H14Br2MgN2. The van der Waals surface area contributed by atoms with Gasteiger partial charge in [0.1, 0.15) is 0 Å². The fourth-order valence-corrected chi connectivity index (χ4v) is 0.553. The number of hydrogen-bond donors (Lipinski definition) is 2. The zero-order valence-corrected chi connectivity index (χ0v) is 11.3. The van der Waals surface area contributed by atoms with Crippen LogP contribution in [0.4, 0.5) is 0 Å². The van der Waals surface area contributed by atoms with Crippen molar-refractivity contribution in [1.29, 1.82) is 0 Å². The largest absolute Gasteiger partial charge is 2.00 e. The molecule has 0 heterocycles. The van der Waals surface area contributed by atoms with E-state index in [-0.39, 0.29) is 57.0 Å². The van der Waals surface area contributed by atoms with Gasteiger partial charge in [-0.1, -0.05) is 6.92 Å². The van der Waals surface area contributed by atoms with E-state index in [9.17, 15) is 0 Å². The molecule has 0 saturated heterocycles. The van der Waals surface area contributed by atoms with Gasteiger partial charge in [-0.25, -0.2) is 0 Å². The third-order valence-electron chi connectivity index (χ3n) is 1.11. The van der Waals surface area contributed by atoms with E-state index in [2.05, 4.69) is 17.6 Å². The first-order valence-corrected chi connectivity index (χ1v) is 2.69. The smallest absolute Gasteiger partial charge is 1.00 e. The molecule has 60 valence electrons. The molecular weight excluding hydrogens is 272 g/mol. The molecule has 10 heavy (non-hydrogen) atoms. The molecule has 0 spiro atoms. The van der Waals surface area contributed by atoms with Crippen molar-refractivity contribution in [2.45, 2.75) is 19.5 Å². The molecule has 0 radical (unpaired) electrons. The topological polar surface area (TPSA) is 24.1 Å². The SMILES string of the molecule is CCC(NC)NC.[Br-].[Br-].[Mg+2]. The van der Waals surface area contributed by atoms with E-state index in [0.717, 1.165) is 6.42 Å². The van der Waals surface area contributed by atoms with Crippen molar-refractivity contribution >= 4 is 23.1 Å². The van der Waals surface area contributed by atoms with Crippen molar-refractivity contribution in [2.24, 2.45) is 0 Å². The fourth-order valence-electron chi connectivity index (χ4n) is 0.553. The van der Waals surface area contributed by atoms with E-state index >= 15 is 0 Å². The standard InChI is InChI=1S/C5H14N2.2BrH.Mg/c1-4-5(6-2)7-3;;;/h5-7H,4H2,1-3H3;2*1H;/q;;;+2/p-2. The normalized spacial score (nSPS) is 7.20. The van der Waals surface area contributed by atoms with E-state index in [1.165, 1.54) is 0 Å². The summed E-state index contributed by atoms with van der Waals surface area (Å²) < 4.78 is 0. The Balaban J connectivity index is -0.0000000600. The van der Waals surface area contributed by atoms with Gasteiger partial charge in [0.2, 0.25) is 0 Å². The summed E-state index contributed by atoms with van der Waals surface area (Å²) in [6, 6.07) is 0. The second kappa shape index (κ2) is 16.9. The zero-order valence-electron chi connectivity index (χ0n) is 6.75. The first-order valence-electron chi connectivity index (χ1n) is 2.69. The van der Waals surface area contributed by atoms with Crippen molar-refractivity contribution in [1.82, 2.24) is 10.6 Å². The third kappa shape index (κ3) is 12.3. The number of hydrogen-bond acceptors (Lipinski definition) is 2. The van der Waals surface area contributed by atoms with Crippen LogP contribution in [0.3, 0.4) is 0 Å². The number of nitrogens with one attached hydrogen (secondary N) is 2. The molecule has 0 aliphatic rings. The summed E-state index contributed by atoms with van der Waals surface area (Å²) in [6.07, 6.45) is 1.62. The molecule has 2 N–H and O–H groups in total. The maximum Gasteiger partial charge on any atom is 2.00 e. The van der Waals surface area contributed by atoms with Gasteiger partial charge in [0.05, 0.1) is 6.17 Å². The minimum absolute atomic E-state index is 0. The second-order valence-corrected chi connectivity index (χ2v) is 1.54. The predicted octanol–water partition coefficient (Wildman–Crippen LogP) is -6.21. The zero-order chi connectivity index (χ0) is 5.70. The van der Waals surface area contributed by atoms with Gasteiger partial charge < -0.3 is 44.6 Å². The van der Waals surface area contributed by atoms with E-state index in [1.807, 2.05) is 14.1 Å². The molecule has 0 aromatic carbocycles. The Morgan fingerprint density at radius 3 is 1.40 bits per heavy atom. The Hall–Kier alpha value is 1.65. The molecule has 0 atom stereocenters. The Bertz CT molecular complexity index is 39.1. The van der Waals surface area contributed by atoms with E-state index in [1.54, 1.807) is 0 Å². The van der Waals surface area contributed by atoms with E-state index in [4.69, 9.17) is 0 Å². The molecule has 0 aliphatic heterocycles. The number of rotatable bonds is 3. The molecule has 0 amide bonds. The van der Waals surface area contributed by atoms with Crippen LogP contribution in [0.25, 0.3) is 0 Å². The Morgan fingerprint density at radius 1 is 1.10 bits per heavy atom. The Morgan fingerprint density at radius 2 is 1.40 bits per heavy atom. The summed E-state index contributed by atoms with van der Waals surface area (Å²) in [5.41, 5.74) is 0. The van der Waals surface area contributed by atoms with Crippen LogP contribution in [-0.4, -0.2) is 43.3 Å². The van der Waals surface area contributed by atoms with Crippen LogP contribution < -0.4 is 44.6 Å². The van der Waals surface area contributed by atoms with Crippen molar-refractivity contribution in [3.8, 4) is 0 Å². The quantitative estimate of drug-likeness (QED) is 0.398. The van der Waals surface area contributed by atoms with Crippen LogP contribution in [0.2, 0.25) is 0 Å². The van der Waals surface area contributed by atoms with Gasteiger partial charge in [-0.2, -0.15) is 0 Å². The summed E-state index contributed by atoms with van der Waals surface area (Å²) in [5, 5.41) is 6.18. The molecule has 0 aromatic heterocycles. The molecule has 0 fully saturated rings. The van der Waals surface area contributed by atoms with Gasteiger partial charge in [0.15, 0.2) is 0 Å². The first kappa shape index (κ1) is 22.6. The molecule has 0 aliphatic carbocycles. The summed E-state index contributed by atoms with van der Waals surface area (Å²) in [7, 11) is 3.90. The van der Waals surface area contributed by atoms with Crippen molar-refractivity contribution in [2.75, 3.05) is 14.1 Å². The van der Waals surface area contributed by atoms with Crippen LogP contribution in [0.15, 0.2) is 0 Å². The van der Waals surface area contributed by atoms with Gasteiger partial charge in [-0.3, -0.25) is 0 Å². The summed E-state index contributed by atoms with van der Waals surface area (Å²) >= 11 is 0. The Labute approximate surface area is 101 Å². The third-order valence-corrected chi connectivity index (χ3v) is 1.11. The minimum atomic E-state index is 0. The minimum Gasteiger partial charge on any atom is -1.00 e. The van der Waals surface area contributed by atoms with Crippen molar-refractivity contribution in [3.63, 3.8) is 0 Å². The summed E-state index contributed by atoms with van der Waals surface area (Å²) in [5.74, 6) is 0. The van der Waals surface area contributed by atoms with Crippen LogP contribution in [0.5, 0.6) is 0 Å². The van der Waals surface area contributed by atoms with Crippen molar-refractivity contribution < 1.29 is 34.0 Å². The summed E-state index contributed by atoms with van der Waals surface area (Å²) in [6.45, 7) is 2.14. The van der Waals surface area contributed by atoms with Crippen LogP contribution in [-0.2, 0) is 0 Å². The maximum absolute atomic E-state index is 3.09. The Kier molecular flexibility index (Phi) is 38.3. The van der Waals surface area contributed by atoms with Gasteiger partial charge in [0.25, 0.3) is 0 Å². The van der Waals surface area contributed by atoms with E-state index in [0.29, 0.717) is 6.17 Å². The molecule has 5 heteroatoms. The average molecular weight is 286 g/mol. The van der Waals surface area contributed by atoms with Gasteiger partial charge in [-0.05, 0) is 20.5 Å². The summed E-state index contributed by atoms with van der Waals surface area (Å²) in [4.78, 5) is 0. The molecule has 0 unspecified atom stereocenters.